The fourth-order valence-corrected chi connectivity index (χ4v) is 1.65. The van der Waals surface area contributed by atoms with Crippen LogP contribution < -0.4 is 0 Å². The van der Waals surface area contributed by atoms with E-state index in [2.05, 4.69) is 11.9 Å². The van der Waals surface area contributed by atoms with Crippen LogP contribution in [0.1, 0.15) is 71.1 Å². The SMILES string of the molecule is CCCCCCCCCCCC=NC#N. The van der Waals surface area contributed by atoms with Gasteiger partial charge >= 0.3 is 0 Å². The van der Waals surface area contributed by atoms with Gasteiger partial charge in [0.05, 0.1) is 0 Å². The van der Waals surface area contributed by atoms with Crippen molar-refractivity contribution in [2.24, 2.45) is 4.99 Å². The molecule has 0 heterocycles. The lowest BCUT2D eigenvalue weighted by atomic mass is 10.1. The third-order valence-corrected chi connectivity index (χ3v) is 2.59. The molecule has 0 aromatic rings. The van der Waals surface area contributed by atoms with Crippen LogP contribution in [0.15, 0.2) is 4.99 Å². The Morgan fingerprint density at radius 2 is 1.47 bits per heavy atom. The maximum absolute atomic E-state index is 8.16. The average molecular weight is 208 g/mol. The molecule has 0 fully saturated rings. The molecule has 86 valence electrons. The van der Waals surface area contributed by atoms with E-state index in [1.807, 2.05) is 0 Å². The van der Waals surface area contributed by atoms with Crippen LogP contribution in [0, 0.1) is 11.5 Å². The molecule has 0 aliphatic heterocycles. The van der Waals surface area contributed by atoms with Crippen LogP contribution in [-0.2, 0) is 0 Å². The summed E-state index contributed by atoms with van der Waals surface area (Å²) in [5.41, 5.74) is 0. The lowest BCUT2D eigenvalue weighted by Crippen LogP contribution is -1.82. The fourth-order valence-electron chi connectivity index (χ4n) is 1.65. The van der Waals surface area contributed by atoms with Crippen molar-refractivity contribution in [3.8, 4) is 6.19 Å². The zero-order valence-corrected chi connectivity index (χ0v) is 10.0. The van der Waals surface area contributed by atoms with Gasteiger partial charge in [-0.05, 0) is 12.8 Å². The first-order valence-electron chi connectivity index (χ1n) is 6.32. The standard InChI is InChI=1S/C13H24N2/c1-2-3-4-5-6-7-8-9-10-11-12-15-13-14/h12H,2-11H2,1H3. The summed E-state index contributed by atoms with van der Waals surface area (Å²) in [4.78, 5) is 3.52. The highest BCUT2D eigenvalue weighted by Gasteiger charge is 1.91. The zero-order chi connectivity index (χ0) is 11.2. The summed E-state index contributed by atoms with van der Waals surface area (Å²) < 4.78 is 0. The van der Waals surface area contributed by atoms with Crippen LogP contribution in [0.25, 0.3) is 0 Å². The molecule has 2 heteroatoms. The molecule has 0 atom stereocenters. The van der Waals surface area contributed by atoms with Gasteiger partial charge in [0.1, 0.15) is 0 Å². The van der Waals surface area contributed by atoms with E-state index in [1.54, 1.807) is 12.4 Å². The van der Waals surface area contributed by atoms with Gasteiger partial charge in [0.15, 0.2) is 0 Å². The first-order valence-corrected chi connectivity index (χ1v) is 6.32. The smallest absolute Gasteiger partial charge is 0.186 e. The third kappa shape index (κ3) is 13.2. The van der Waals surface area contributed by atoms with Gasteiger partial charge in [-0.2, -0.15) is 10.3 Å². The van der Waals surface area contributed by atoms with Crippen molar-refractivity contribution >= 4 is 6.21 Å². The molecule has 0 amide bonds. The van der Waals surface area contributed by atoms with E-state index in [-0.39, 0.29) is 0 Å². The Hall–Kier alpha value is -0.840. The predicted molar refractivity (Wildman–Crippen MR) is 65.9 cm³/mol. The minimum absolute atomic E-state index is 0.962. The largest absolute Gasteiger partial charge is 0.205 e. The zero-order valence-electron chi connectivity index (χ0n) is 10.0. The van der Waals surface area contributed by atoms with Crippen LogP contribution in [-0.4, -0.2) is 6.21 Å². The topological polar surface area (TPSA) is 36.1 Å². The number of nitriles is 1. The molecule has 0 aromatic carbocycles. The summed E-state index contributed by atoms with van der Waals surface area (Å²) in [6.07, 6.45) is 16.6. The molecule has 0 bridgehead atoms. The number of hydrogen-bond donors (Lipinski definition) is 0. The van der Waals surface area contributed by atoms with Gasteiger partial charge in [-0.25, -0.2) is 0 Å². The van der Waals surface area contributed by atoms with Crippen molar-refractivity contribution in [3.63, 3.8) is 0 Å². The number of rotatable bonds is 10. The quantitative estimate of drug-likeness (QED) is 0.296. The molecular weight excluding hydrogens is 184 g/mol. The second kappa shape index (κ2) is 13.2. The predicted octanol–water partition coefficient (Wildman–Crippen LogP) is 4.46. The van der Waals surface area contributed by atoms with Gasteiger partial charge in [-0.3, -0.25) is 0 Å². The Morgan fingerprint density at radius 1 is 0.933 bits per heavy atom. The number of aliphatic imine (C=N–C) groups is 1. The van der Waals surface area contributed by atoms with Gasteiger partial charge in [0, 0.05) is 6.21 Å². The second-order valence-electron chi connectivity index (χ2n) is 4.03. The Bertz CT molecular complexity index is 179. The summed E-state index contributed by atoms with van der Waals surface area (Å²) in [6, 6.07) is 0. The van der Waals surface area contributed by atoms with E-state index in [0.717, 1.165) is 6.42 Å². The van der Waals surface area contributed by atoms with Crippen LogP contribution in [0.5, 0.6) is 0 Å². The highest BCUT2D eigenvalue weighted by atomic mass is 14.7. The second-order valence-corrected chi connectivity index (χ2v) is 4.03. The Morgan fingerprint density at radius 3 is 2.00 bits per heavy atom. The number of nitrogens with zero attached hydrogens (tertiary/aromatic N) is 2. The minimum atomic E-state index is 0.962. The van der Waals surface area contributed by atoms with E-state index < -0.39 is 0 Å². The molecule has 2 nitrogen and oxygen atoms in total. The Labute approximate surface area is 94.4 Å². The summed E-state index contributed by atoms with van der Waals surface area (Å²) in [7, 11) is 0. The summed E-state index contributed by atoms with van der Waals surface area (Å²) in [5.74, 6) is 0. The van der Waals surface area contributed by atoms with Gasteiger partial charge in [0.25, 0.3) is 0 Å². The van der Waals surface area contributed by atoms with Crippen molar-refractivity contribution in [3.05, 3.63) is 0 Å². The third-order valence-electron chi connectivity index (χ3n) is 2.59. The van der Waals surface area contributed by atoms with E-state index in [1.165, 1.54) is 57.8 Å². The van der Waals surface area contributed by atoms with Crippen molar-refractivity contribution in [1.82, 2.24) is 0 Å². The van der Waals surface area contributed by atoms with Gasteiger partial charge in [0.2, 0.25) is 6.19 Å². The van der Waals surface area contributed by atoms with Crippen LogP contribution >= 0.6 is 0 Å². The van der Waals surface area contributed by atoms with Crippen LogP contribution in [0.4, 0.5) is 0 Å². The van der Waals surface area contributed by atoms with E-state index in [9.17, 15) is 0 Å². The molecule has 0 aromatic heterocycles. The number of hydrogen-bond acceptors (Lipinski definition) is 2. The molecule has 0 aliphatic rings. The first-order chi connectivity index (χ1) is 7.41. The average Bonchev–Trinajstić information content (AvgIpc) is 2.26. The van der Waals surface area contributed by atoms with Crippen LogP contribution in [0.2, 0.25) is 0 Å². The van der Waals surface area contributed by atoms with E-state index in [4.69, 9.17) is 5.26 Å². The molecule has 0 radical (unpaired) electrons. The maximum Gasteiger partial charge on any atom is 0.205 e. The van der Waals surface area contributed by atoms with E-state index in [0.29, 0.717) is 0 Å². The summed E-state index contributed by atoms with van der Waals surface area (Å²) in [6.45, 7) is 2.25. The normalized spacial score (nSPS) is 10.7. The van der Waals surface area contributed by atoms with Crippen molar-refractivity contribution in [1.29, 1.82) is 5.26 Å². The Kier molecular flexibility index (Phi) is 12.4. The minimum Gasteiger partial charge on any atom is -0.186 e. The highest BCUT2D eigenvalue weighted by molar-refractivity contribution is 5.58. The molecule has 15 heavy (non-hydrogen) atoms. The summed E-state index contributed by atoms with van der Waals surface area (Å²) >= 11 is 0. The molecular formula is C13H24N2. The highest BCUT2D eigenvalue weighted by Crippen LogP contribution is 2.09. The van der Waals surface area contributed by atoms with E-state index >= 15 is 0 Å². The lowest BCUT2D eigenvalue weighted by molar-refractivity contribution is 0.569. The summed E-state index contributed by atoms with van der Waals surface area (Å²) in [5, 5.41) is 8.16. The first kappa shape index (κ1) is 14.2. The van der Waals surface area contributed by atoms with Gasteiger partial charge < -0.3 is 0 Å². The van der Waals surface area contributed by atoms with Gasteiger partial charge in [-0.1, -0.05) is 58.3 Å². The lowest BCUT2D eigenvalue weighted by Gasteiger charge is -2.00. The molecule has 0 saturated heterocycles. The van der Waals surface area contributed by atoms with Crippen molar-refractivity contribution in [2.45, 2.75) is 71.1 Å². The van der Waals surface area contributed by atoms with Crippen molar-refractivity contribution < 1.29 is 0 Å². The van der Waals surface area contributed by atoms with Crippen LogP contribution in [0.3, 0.4) is 0 Å². The number of unbranched alkanes of at least 4 members (excludes halogenated alkanes) is 9. The Balaban J connectivity index is 2.93. The van der Waals surface area contributed by atoms with Gasteiger partial charge in [-0.15, -0.1) is 0 Å². The van der Waals surface area contributed by atoms with Crippen molar-refractivity contribution in [2.75, 3.05) is 0 Å². The molecule has 0 spiro atoms. The maximum atomic E-state index is 8.16. The molecule has 0 unspecified atom stereocenters. The molecule has 0 N–H and O–H groups in total. The molecule has 0 rings (SSSR count). The fraction of sp³-hybridized carbons (Fsp3) is 0.846. The molecule has 0 saturated carbocycles. The monoisotopic (exact) mass is 208 g/mol. The molecule has 0 aliphatic carbocycles.